The molecule has 0 bridgehead atoms. The molecule has 0 radical (unpaired) electrons. The average molecular weight is 370 g/mol. The molecule has 2 aliphatic rings. The third-order valence-corrected chi connectivity index (χ3v) is 9.75. The molecule has 0 N–H and O–H groups in total. The summed E-state index contributed by atoms with van der Waals surface area (Å²) in [5.74, 6) is 0.901. The van der Waals surface area contributed by atoms with Crippen LogP contribution in [0.4, 0.5) is 0 Å². The van der Waals surface area contributed by atoms with E-state index in [0.717, 1.165) is 9.64 Å². The molecule has 1 aliphatic carbocycles. The quantitative estimate of drug-likeness (QED) is 0.496. The first-order valence-electron chi connectivity index (χ1n) is 6.17. The van der Waals surface area contributed by atoms with Gasteiger partial charge in [0.15, 0.2) is 0 Å². The Morgan fingerprint density at radius 3 is 2.16 bits per heavy atom. The smallest absolute Gasteiger partial charge is 1.00 e. The third-order valence-electron chi connectivity index (χ3n) is 3.36. The maximum Gasteiger partial charge on any atom is -1.00 e. The molecular weight excluding hydrogens is 351 g/mol. The van der Waals surface area contributed by atoms with Crippen LogP contribution in [-0.2, 0) is 29.7 Å². The number of fused-ring (bicyclic) bond motifs is 1. The summed E-state index contributed by atoms with van der Waals surface area (Å²) in [6.45, 7) is 11.0. The second kappa shape index (κ2) is 6.20. The number of hydrogen-bond acceptors (Lipinski definition) is 2. The summed E-state index contributed by atoms with van der Waals surface area (Å²) in [6.07, 6.45) is 1.21. The first-order valence-corrected chi connectivity index (χ1v) is 13.1. The SMILES string of the molecule is CCC[Si]1(C)C2=[C]([Ti+2])C(=O)C(O[Si](C)(C)C)=C21.[Cl-].[Cl-]. The van der Waals surface area contributed by atoms with Crippen LogP contribution in [0.3, 0.4) is 0 Å². The van der Waals surface area contributed by atoms with Gasteiger partial charge in [0.05, 0.1) is 0 Å². The first kappa shape index (κ1) is 19.7. The summed E-state index contributed by atoms with van der Waals surface area (Å²) in [5, 5.41) is 2.77. The minimum absolute atomic E-state index is 0. The van der Waals surface area contributed by atoms with Crippen LogP contribution in [0.1, 0.15) is 13.3 Å². The summed E-state index contributed by atoms with van der Waals surface area (Å²) < 4.78 is 7.02. The first-order chi connectivity index (χ1) is 7.72. The van der Waals surface area contributed by atoms with Crippen LogP contribution in [-0.4, -0.2) is 22.2 Å². The Morgan fingerprint density at radius 1 is 1.21 bits per heavy atom. The van der Waals surface area contributed by atoms with Crippen LogP contribution in [0.2, 0.25) is 32.2 Å². The monoisotopic (exact) mass is 369 g/mol. The number of halogens is 2. The number of allylic oxidation sites excluding steroid dienone is 3. The van der Waals surface area contributed by atoms with Gasteiger partial charge in [0.1, 0.15) is 0 Å². The third kappa shape index (κ3) is 3.30. The molecule has 0 aromatic heterocycles. The van der Waals surface area contributed by atoms with E-state index >= 15 is 0 Å². The van der Waals surface area contributed by atoms with Crippen LogP contribution in [0, 0.1) is 0 Å². The number of ketones is 1. The summed E-state index contributed by atoms with van der Waals surface area (Å²) in [7, 11) is -3.06. The van der Waals surface area contributed by atoms with Crippen LogP contribution in [0.25, 0.3) is 0 Å². The Kier molecular flexibility index (Phi) is 6.42. The summed E-state index contributed by atoms with van der Waals surface area (Å²) >= 11 is 1.98. The van der Waals surface area contributed by atoms with E-state index < -0.39 is 16.4 Å². The van der Waals surface area contributed by atoms with Crippen molar-refractivity contribution in [2.24, 2.45) is 0 Å². The van der Waals surface area contributed by atoms with Crippen LogP contribution in [0.5, 0.6) is 0 Å². The van der Waals surface area contributed by atoms with Crippen LogP contribution >= 0.6 is 0 Å². The van der Waals surface area contributed by atoms with E-state index in [4.69, 9.17) is 4.43 Å². The summed E-state index contributed by atoms with van der Waals surface area (Å²) in [5.41, 5.74) is 0. The van der Waals surface area contributed by atoms with E-state index in [0.29, 0.717) is 0 Å². The number of Topliss-reactive ketones (excluding diaryl/α,β-unsaturated/α-hetero) is 1. The molecule has 0 aromatic rings. The molecule has 2 rings (SSSR count). The van der Waals surface area contributed by atoms with Gasteiger partial charge >= 0.3 is 117 Å². The van der Waals surface area contributed by atoms with Gasteiger partial charge in [-0.25, -0.2) is 0 Å². The second-order valence-electron chi connectivity index (χ2n) is 6.08. The zero-order valence-corrected chi connectivity index (χ0v) is 17.1. The van der Waals surface area contributed by atoms with E-state index in [-0.39, 0.29) is 30.6 Å². The van der Waals surface area contributed by atoms with Crippen molar-refractivity contribution in [3.05, 3.63) is 20.0 Å². The summed E-state index contributed by atoms with van der Waals surface area (Å²) in [6, 6.07) is 1.26. The number of carbonyl (C=O) groups excluding carboxylic acids is 1. The molecule has 1 unspecified atom stereocenters. The zero-order valence-electron chi connectivity index (χ0n) is 12.0. The topological polar surface area (TPSA) is 26.3 Å². The van der Waals surface area contributed by atoms with Gasteiger partial charge in [-0.2, -0.15) is 0 Å². The van der Waals surface area contributed by atoms with E-state index in [1.54, 1.807) is 0 Å². The summed E-state index contributed by atoms with van der Waals surface area (Å²) in [4.78, 5) is 12.1. The van der Waals surface area contributed by atoms with Crippen molar-refractivity contribution in [2.75, 3.05) is 0 Å². The van der Waals surface area contributed by atoms with E-state index in [2.05, 4.69) is 33.1 Å². The fourth-order valence-electron chi connectivity index (χ4n) is 2.67. The Morgan fingerprint density at radius 2 is 1.74 bits per heavy atom. The molecule has 2 nitrogen and oxygen atoms in total. The molecule has 0 saturated carbocycles. The number of rotatable bonds is 4. The molecular formula is C12H19Cl2O2Si2Ti. The average Bonchev–Trinajstić information content (AvgIpc) is 2.68. The Balaban J connectivity index is 0.00000162. The minimum atomic E-state index is -1.68. The molecule has 105 valence electrons. The van der Waals surface area contributed by atoms with Crippen LogP contribution in [0.15, 0.2) is 20.0 Å². The molecule has 1 heterocycles. The fraction of sp³-hybridized carbons (Fsp3) is 0.583. The predicted octanol–water partition coefficient (Wildman–Crippen LogP) is -2.94. The van der Waals surface area contributed by atoms with Crippen molar-refractivity contribution in [3.8, 4) is 0 Å². The molecule has 1 atom stereocenters. The Bertz CT molecular complexity index is 469. The largest absolute Gasteiger partial charge is 1.00 e. The van der Waals surface area contributed by atoms with E-state index in [1.807, 2.05) is 20.4 Å². The molecule has 0 amide bonds. The maximum atomic E-state index is 12.1. The van der Waals surface area contributed by atoms with Gasteiger partial charge in [0, 0.05) is 0 Å². The fourth-order valence-corrected chi connectivity index (χ4v) is 9.98. The molecule has 0 spiro atoms. The van der Waals surface area contributed by atoms with Gasteiger partial charge in [0.2, 0.25) is 0 Å². The maximum absolute atomic E-state index is 12.1. The number of hydrogen-bond donors (Lipinski definition) is 0. The zero-order chi connectivity index (χ0) is 13.0. The molecule has 1 saturated heterocycles. The normalized spacial score (nSPS) is 24.9. The van der Waals surface area contributed by atoms with Gasteiger partial charge in [0.25, 0.3) is 0 Å². The van der Waals surface area contributed by atoms with Crippen molar-refractivity contribution in [3.63, 3.8) is 0 Å². The number of carbonyl (C=O) groups is 1. The van der Waals surface area contributed by atoms with Gasteiger partial charge in [-0.3, -0.25) is 0 Å². The van der Waals surface area contributed by atoms with Crippen molar-refractivity contribution in [1.29, 1.82) is 0 Å². The molecule has 0 aromatic carbocycles. The minimum Gasteiger partial charge on any atom is -1.00 e. The van der Waals surface area contributed by atoms with Crippen molar-refractivity contribution in [2.45, 2.75) is 45.6 Å². The van der Waals surface area contributed by atoms with Gasteiger partial charge in [-0.05, 0) is 0 Å². The Labute approximate surface area is 141 Å². The van der Waals surface area contributed by atoms with Crippen molar-refractivity contribution < 1.29 is 54.5 Å². The van der Waals surface area contributed by atoms with E-state index in [1.165, 1.54) is 22.9 Å². The predicted molar refractivity (Wildman–Crippen MR) is 70.2 cm³/mol. The van der Waals surface area contributed by atoms with E-state index in [9.17, 15) is 4.79 Å². The second-order valence-corrected chi connectivity index (χ2v) is 15.5. The standard InChI is InChI=1S/C12H19O2Si2.2ClH.Ti/c1-6-7-16(5)10-8-9(13)11(12(10)16)14-15(2,3)4;;;/h6-7H2,1-5H3;2*1H;/q;;;+2/p-2. The Hall–Kier alpha value is 0.678. The van der Waals surface area contributed by atoms with Gasteiger partial charge < -0.3 is 24.8 Å². The molecule has 7 heteroatoms. The van der Waals surface area contributed by atoms with Gasteiger partial charge in [-0.15, -0.1) is 0 Å². The van der Waals surface area contributed by atoms with Crippen LogP contribution < -0.4 is 24.8 Å². The molecule has 1 fully saturated rings. The molecule has 1 aliphatic heterocycles. The van der Waals surface area contributed by atoms with Crippen molar-refractivity contribution >= 4 is 22.2 Å². The molecule has 19 heavy (non-hydrogen) atoms. The van der Waals surface area contributed by atoms with Gasteiger partial charge in [-0.1, -0.05) is 0 Å². The van der Waals surface area contributed by atoms with Crippen molar-refractivity contribution in [1.82, 2.24) is 0 Å².